The molecular formula is C12H19NO4. The van der Waals surface area contributed by atoms with E-state index in [1.165, 1.54) is 12.3 Å². The third kappa shape index (κ3) is 5.51. The molecule has 0 radical (unpaired) electrons. The molecule has 0 bridgehead atoms. The maximum Gasteiger partial charge on any atom is 0.338 e. The van der Waals surface area contributed by atoms with Crippen LogP contribution in [0.5, 0.6) is 0 Å². The molecule has 1 heterocycles. The number of hydrogen-bond donors (Lipinski definition) is 3. The second-order valence-corrected chi connectivity index (χ2v) is 3.92. The zero-order chi connectivity index (χ0) is 12.5. The van der Waals surface area contributed by atoms with E-state index in [0.29, 0.717) is 12.3 Å². The molecule has 5 heteroatoms. The summed E-state index contributed by atoms with van der Waals surface area (Å²) in [4.78, 5) is 10.6. The summed E-state index contributed by atoms with van der Waals surface area (Å²) in [6.45, 7) is 1.68. The fourth-order valence-corrected chi connectivity index (χ4v) is 1.51. The predicted octanol–water partition coefficient (Wildman–Crippen LogP) is 1.62. The summed E-state index contributed by atoms with van der Waals surface area (Å²) in [6.07, 6.45) is 5.29. The molecule has 1 aromatic heterocycles. The first-order valence-corrected chi connectivity index (χ1v) is 5.86. The normalized spacial score (nSPS) is 10.6. The minimum absolute atomic E-state index is 0.185. The number of aromatic carboxylic acids is 1. The van der Waals surface area contributed by atoms with Gasteiger partial charge in [-0.2, -0.15) is 0 Å². The van der Waals surface area contributed by atoms with Gasteiger partial charge in [0.25, 0.3) is 0 Å². The molecule has 0 aliphatic heterocycles. The summed E-state index contributed by atoms with van der Waals surface area (Å²) in [6, 6.07) is 1.53. The standard InChI is InChI=1S/C12H19NO4/c14-6-4-2-1-3-5-13-8-11-7-10(9-17-11)12(15)16/h7,9,13-14H,1-6,8H2,(H,15,16). The topological polar surface area (TPSA) is 82.7 Å². The molecule has 0 amide bonds. The molecule has 0 aromatic carbocycles. The number of furan rings is 1. The number of carbonyl (C=O) groups is 1. The maximum atomic E-state index is 10.6. The molecule has 0 saturated carbocycles. The highest BCUT2D eigenvalue weighted by molar-refractivity contribution is 5.87. The van der Waals surface area contributed by atoms with Crippen LogP contribution in [0.4, 0.5) is 0 Å². The zero-order valence-electron chi connectivity index (χ0n) is 9.82. The van der Waals surface area contributed by atoms with Crippen molar-refractivity contribution in [2.24, 2.45) is 0 Å². The highest BCUT2D eigenvalue weighted by Gasteiger charge is 2.07. The Kier molecular flexibility index (Phi) is 6.35. The number of unbranched alkanes of at least 4 members (excludes halogenated alkanes) is 3. The van der Waals surface area contributed by atoms with Crippen LogP contribution in [0.25, 0.3) is 0 Å². The van der Waals surface area contributed by atoms with E-state index >= 15 is 0 Å². The number of nitrogens with one attached hydrogen (secondary N) is 1. The van der Waals surface area contributed by atoms with E-state index in [1.54, 1.807) is 0 Å². The summed E-state index contributed by atoms with van der Waals surface area (Å²) >= 11 is 0. The van der Waals surface area contributed by atoms with Gasteiger partial charge in [-0.3, -0.25) is 0 Å². The van der Waals surface area contributed by atoms with E-state index in [4.69, 9.17) is 14.6 Å². The Balaban J connectivity index is 2.07. The summed E-state index contributed by atoms with van der Waals surface area (Å²) in [5.41, 5.74) is 0.185. The van der Waals surface area contributed by atoms with Crippen molar-refractivity contribution < 1.29 is 19.4 Å². The lowest BCUT2D eigenvalue weighted by molar-refractivity contribution is 0.0696. The van der Waals surface area contributed by atoms with Gasteiger partial charge in [-0.15, -0.1) is 0 Å². The van der Waals surface area contributed by atoms with Gasteiger partial charge in [0.15, 0.2) is 0 Å². The summed E-state index contributed by atoms with van der Waals surface area (Å²) in [5, 5.41) is 20.5. The van der Waals surface area contributed by atoms with Crippen LogP contribution in [-0.4, -0.2) is 29.3 Å². The smallest absolute Gasteiger partial charge is 0.338 e. The first-order chi connectivity index (χ1) is 8.24. The second-order valence-electron chi connectivity index (χ2n) is 3.92. The van der Waals surface area contributed by atoms with E-state index in [1.807, 2.05) is 0 Å². The van der Waals surface area contributed by atoms with Crippen LogP contribution >= 0.6 is 0 Å². The molecule has 17 heavy (non-hydrogen) atoms. The summed E-state index contributed by atoms with van der Waals surface area (Å²) in [5.74, 6) is -0.332. The fraction of sp³-hybridized carbons (Fsp3) is 0.583. The third-order valence-corrected chi connectivity index (χ3v) is 2.46. The highest BCUT2D eigenvalue weighted by Crippen LogP contribution is 2.07. The largest absolute Gasteiger partial charge is 0.478 e. The fourth-order valence-electron chi connectivity index (χ4n) is 1.51. The number of carboxylic acid groups (broad SMARTS) is 1. The van der Waals surface area contributed by atoms with Crippen LogP contribution in [-0.2, 0) is 6.54 Å². The van der Waals surface area contributed by atoms with E-state index < -0.39 is 5.97 Å². The number of aliphatic hydroxyl groups is 1. The lowest BCUT2D eigenvalue weighted by atomic mass is 10.2. The minimum Gasteiger partial charge on any atom is -0.478 e. The van der Waals surface area contributed by atoms with E-state index in [9.17, 15) is 4.79 Å². The Morgan fingerprint density at radius 3 is 2.71 bits per heavy atom. The molecule has 0 saturated heterocycles. The molecule has 3 N–H and O–H groups in total. The van der Waals surface area contributed by atoms with Crippen LogP contribution in [0.3, 0.4) is 0 Å². The van der Waals surface area contributed by atoms with Crippen molar-refractivity contribution >= 4 is 5.97 Å². The van der Waals surface area contributed by atoms with Gasteiger partial charge in [0, 0.05) is 6.61 Å². The lowest BCUT2D eigenvalue weighted by Gasteiger charge is -2.02. The number of hydrogen-bond acceptors (Lipinski definition) is 4. The lowest BCUT2D eigenvalue weighted by Crippen LogP contribution is -2.14. The van der Waals surface area contributed by atoms with Crippen LogP contribution in [0, 0.1) is 0 Å². The van der Waals surface area contributed by atoms with Crippen LogP contribution in [0.1, 0.15) is 41.8 Å². The van der Waals surface area contributed by atoms with Crippen molar-refractivity contribution in [3.05, 3.63) is 23.7 Å². The number of carboxylic acids is 1. The second kappa shape index (κ2) is 7.86. The molecule has 1 aromatic rings. The maximum absolute atomic E-state index is 10.6. The Bertz CT molecular complexity index is 335. The van der Waals surface area contributed by atoms with Crippen molar-refractivity contribution in [3.8, 4) is 0 Å². The molecule has 5 nitrogen and oxygen atoms in total. The molecule has 1 rings (SSSR count). The molecule has 96 valence electrons. The molecule has 0 spiro atoms. The van der Waals surface area contributed by atoms with Gasteiger partial charge >= 0.3 is 5.97 Å². The average Bonchev–Trinajstić information content (AvgIpc) is 2.77. The molecule has 0 atom stereocenters. The van der Waals surface area contributed by atoms with Gasteiger partial charge in [0.1, 0.15) is 12.0 Å². The van der Waals surface area contributed by atoms with Crippen LogP contribution in [0.2, 0.25) is 0 Å². The molecular weight excluding hydrogens is 222 g/mol. The van der Waals surface area contributed by atoms with Crippen molar-refractivity contribution in [1.29, 1.82) is 0 Å². The van der Waals surface area contributed by atoms with Gasteiger partial charge in [0.05, 0.1) is 12.1 Å². The first kappa shape index (κ1) is 13.7. The highest BCUT2D eigenvalue weighted by atomic mass is 16.4. The van der Waals surface area contributed by atoms with Gasteiger partial charge in [-0.1, -0.05) is 12.8 Å². The van der Waals surface area contributed by atoms with Crippen molar-refractivity contribution in [3.63, 3.8) is 0 Å². The third-order valence-electron chi connectivity index (χ3n) is 2.46. The Labute approximate surface area is 100 Å². The van der Waals surface area contributed by atoms with Gasteiger partial charge in [-0.05, 0) is 25.5 Å². The van der Waals surface area contributed by atoms with E-state index in [-0.39, 0.29) is 12.2 Å². The molecule has 0 unspecified atom stereocenters. The van der Waals surface area contributed by atoms with E-state index in [0.717, 1.165) is 32.2 Å². The van der Waals surface area contributed by atoms with Gasteiger partial charge < -0.3 is 19.9 Å². The van der Waals surface area contributed by atoms with Crippen molar-refractivity contribution in [2.75, 3.05) is 13.2 Å². The SMILES string of the molecule is O=C(O)c1coc(CNCCCCCCO)c1. The monoisotopic (exact) mass is 241 g/mol. The summed E-state index contributed by atoms with van der Waals surface area (Å²) < 4.78 is 5.09. The molecule has 0 aliphatic rings. The Morgan fingerprint density at radius 1 is 1.29 bits per heavy atom. The van der Waals surface area contributed by atoms with Crippen LogP contribution < -0.4 is 5.32 Å². The zero-order valence-corrected chi connectivity index (χ0v) is 9.82. The number of rotatable bonds is 9. The van der Waals surface area contributed by atoms with E-state index in [2.05, 4.69) is 5.32 Å². The molecule has 0 aliphatic carbocycles. The first-order valence-electron chi connectivity index (χ1n) is 5.86. The van der Waals surface area contributed by atoms with Crippen LogP contribution in [0.15, 0.2) is 16.7 Å². The predicted molar refractivity (Wildman–Crippen MR) is 62.9 cm³/mol. The molecule has 0 fully saturated rings. The average molecular weight is 241 g/mol. The van der Waals surface area contributed by atoms with Gasteiger partial charge in [0.2, 0.25) is 0 Å². The minimum atomic E-state index is -0.969. The Morgan fingerprint density at radius 2 is 2.06 bits per heavy atom. The quantitative estimate of drug-likeness (QED) is 0.572. The van der Waals surface area contributed by atoms with Crippen molar-refractivity contribution in [2.45, 2.75) is 32.2 Å². The Hall–Kier alpha value is -1.33. The summed E-state index contributed by atoms with van der Waals surface area (Å²) in [7, 11) is 0. The number of aliphatic hydroxyl groups excluding tert-OH is 1. The van der Waals surface area contributed by atoms with Gasteiger partial charge in [-0.25, -0.2) is 4.79 Å². The van der Waals surface area contributed by atoms with Crippen molar-refractivity contribution in [1.82, 2.24) is 5.32 Å².